The molecule has 0 aliphatic carbocycles. The van der Waals surface area contributed by atoms with Crippen molar-refractivity contribution in [2.24, 2.45) is 0 Å². The van der Waals surface area contributed by atoms with Crippen molar-refractivity contribution in [2.75, 3.05) is 0 Å². The van der Waals surface area contributed by atoms with E-state index in [1.54, 1.807) is 0 Å². The van der Waals surface area contributed by atoms with E-state index in [2.05, 4.69) is 0 Å². The van der Waals surface area contributed by atoms with Gasteiger partial charge in [-0.3, -0.25) is 0 Å². The van der Waals surface area contributed by atoms with Crippen molar-refractivity contribution in [3.63, 3.8) is 0 Å². The van der Waals surface area contributed by atoms with Crippen molar-refractivity contribution < 1.29 is 36.1 Å². The summed E-state index contributed by atoms with van der Waals surface area (Å²) in [4.78, 5) is 0. The van der Waals surface area contributed by atoms with Crippen molar-refractivity contribution in [2.45, 2.75) is 12.7 Å². The summed E-state index contributed by atoms with van der Waals surface area (Å²) in [6.07, 6.45) is -4.64. The molecule has 0 aliphatic rings. The first-order chi connectivity index (χ1) is 3.13. The molecule has 2 atom stereocenters. The Kier molecular flexibility index (Phi) is 14.9. The molecule has 5 heteroatoms. The molecule has 0 amide bonds. The van der Waals surface area contributed by atoms with Crippen LogP contribution in [0.15, 0.2) is 0 Å². The van der Waals surface area contributed by atoms with Crippen molar-refractivity contribution in [3.05, 3.63) is 13.8 Å². The molecule has 0 fully saturated rings. The molecular weight excluding hydrogens is 182 g/mol. The summed E-state index contributed by atoms with van der Waals surface area (Å²) >= 11 is 0. The number of halogens is 2. The maximum absolute atomic E-state index is 11.1. The molecule has 0 rings (SSSR count). The number of aliphatic hydroxyl groups excluding tert-OH is 2. The predicted octanol–water partition coefficient (Wildman–Crippen LogP) is 0.214. The molecule has 2 nitrogen and oxygen atoms in total. The van der Waals surface area contributed by atoms with Crippen molar-refractivity contribution in [1.82, 2.24) is 0 Å². The van der Waals surface area contributed by atoms with Gasteiger partial charge in [-0.15, -0.1) is 0 Å². The number of alkyl halides is 2. The van der Waals surface area contributed by atoms with Crippen LogP contribution >= 0.6 is 0 Å². The van der Waals surface area contributed by atoms with Crippen molar-refractivity contribution >= 4 is 0 Å². The molecule has 0 spiro atoms. The van der Waals surface area contributed by atoms with Gasteiger partial charge in [0.15, 0.2) is 0 Å². The molecule has 0 saturated carbocycles. The van der Waals surface area contributed by atoms with E-state index in [-0.39, 0.29) is 30.9 Å². The topological polar surface area (TPSA) is 40.5 Å². The second-order valence-electron chi connectivity index (χ2n) is 0.938. The standard InChI is InChI=1S/C3H5F2O2.CH3.Cu/c4-2(6)1-3(5)7;;/h1-3,6-7H;1H3;/q;-1;+1. The first-order valence-electron chi connectivity index (χ1n) is 1.62. The fourth-order valence-electron chi connectivity index (χ4n) is 0.131. The van der Waals surface area contributed by atoms with Crippen LogP contribution in [0, 0.1) is 13.8 Å². The molecule has 0 aliphatic heterocycles. The third-order valence-corrected chi connectivity index (χ3v) is 0.318. The molecule has 0 aromatic carbocycles. The Labute approximate surface area is 63.4 Å². The molecule has 9 heavy (non-hydrogen) atoms. The minimum Gasteiger partial charge on any atom is -0.364 e. The van der Waals surface area contributed by atoms with E-state index in [0.29, 0.717) is 0 Å². The van der Waals surface area contributed by atoms with Crippen LogP contribution in [0.3, 0.4) is 0 Å². The summed E-state index contributed by atoms with van der Waals surface area (Å²) in [6, 6.07) is 0. The van der Waals surface area contributed by atoms with Crippen LogP contribution < -0.4 is 0 Å². The van der Waals surface area contributed by atoms with E-state index >= 15 is 0 Å². The van der Waals surface area contributed by atoms with Gasteiger partial charge in [-0.25, -0.2) is 8.78 Å². The van der Waals surface area contributed by atoms with Gasteiger partial charge in [0.25, 0.3) is 0 Å². The van der Waals surface area contributed by atoms with Crippen LogP contribution in [0.5, 0.6) is 0 Å². The number of rotatable bonds is 2. The molecule has 61 valence electrons. The second-order valence-corrected chi connectivity index (χ2v) is 0.938. The van der Waals surface area contributed by atoms with E-state index in [1.165, 1.54) is 0 Å². The summed E-state index contributed by atoms with van der Waals surface area (Å²) in [6.45, 7) is 0. The first kappa shape index (κ1) is 16.1. The van der Waals surface area contributed by atoms with E-state index in [1.807, 2.05) is 0 Å². The second kappa shape index (κ2) is 8.30. The summed E-state index contributed by atoms with van der Waals surface area (Å²) < 4.78 is 22.1. The van der Waals surface area contributed by atoms with Gasteiger partial charge in [0.2, 0.25) is 12.7 Å². The monoisotopic (exact) mass is 189 g/mol. The van der Waals surface area contributed by atoms with Crippen LogP contribution in [0.25, 0.3) is 0 Å². The molecule has 0 aromatic heterocycles. The Hall–Kier alpha value is 0.299. The molecule has 0 aromatic rings. The van der Waals surface area contributed by atoms with Crippen LogP contribution in [0.1, 0.15) is 0 Å². The van der Waals surface area contributed by atoms with Gasteiger partial charge in [-0.1, -0.05) is 0 Å². The summed E-state index contributed by atoms with van der Waals surface area (Å²) in [5, 5.41) is 15.2. The average molecular weight is 190 g/mol. The molecule has 1 radical (unpaired) electrons. The van der Waals surface area contributed by atoms with Crippen molar-refractivity contribution in [3.8, 4) is 0 Å². The van der Waals surface area contributed by atoms with Crippen molar-refractivity contribution in [1.29, 1.82) is 0 Å². The van der Waals surface area contributed by atoms with Gasteiger partial charge in [-0.05, 0) is 0 Å². The summed E-state index contributed by atoms with van der Waals surface area (Å²) in [5.41, 5.74) is 0. The minimum atomic E-state index is -2.38. The van der Waals surface area contributed by atoms with Gasteiger partial charge in [0, 0.05) is 0 Å². The molecule has 2 unspecified atom stereocenters. The molecule has 0 heterocycles. The molecule has 0 bridgehead atoms. The molecule has 2 N–H and O–H groups in total. The smallest absolute Gasteiger partial charge is 0.364 e. The van der Waals surface area contributed by atoms with Crippen LogP contribution in [-0.2, 0) is 17.1 Å². The number of aliphatic hydroxyl groups is 2. The fraction of sp³-hybridized carbons (Fsp3) is 0.500. The molecule has 0 saturated heterocycles. The Morgan fingerprint density at radius 3 is 1.33 bits per heavy atom. The van der Waals surface area contributed by atoms with Gasteiger partial charge < -0.3 is 17.6 Å². The van der Waals surface area contributed by atoms with Gasteiger partial charge in [-0.2, -0.15) is 0 Å². The van der Waals surface area contributed by atoms with E-state index in [4.69, 9.17) is 10.2 Å². The minimum absolute atomic E-state index is 0. The fourth-order valence-corrected chi connectivity index (χ4v) is 0.131. The maximum atomic E-state index is 11.1. The zero-order valence-corrected chi connectivity index (χ0v) is 5.63. The van der Waals surface area contributed by atoms with E-state index < -0.39 is 12.7 Å². The number of hydrogen-bond donors (Lipinski definition) is 2. The summed E-state index contributed by atoms with van der Waals surface area (Å²) in [7, 11) is 0. The van der Waals surface area contributed by atoms with Gasteiger partial charge >= 0.3 is 17.1 Å². The SMILES string of the molecule is OC(F)[CH]C(O)F.[CH3-].[Cu+]. The largest absolute Gasteiger partial charge is 1.00 e. The Bertz CT molecular complexity index is 45.8. The Morgan fingerprint density at radius 2 is 1.33 bits per heavy atom. The van der Waals surface area contributed by atoms with E-state index in [9.17, 15) is 8.78 Å². The van der Waals surface area contributed by atoms with E-state index in [0.717, 1.165) is 0 Å². The zero-order valence-electron chi connectivity index (χ0n) is 4.68. The first-order valence-corrected chi connectivity index (χ1v) is 1.62. The Morgan fingerprint density at radius 1 is 1.11 bits per heavy atom. The number of hydrogen-bond acceptors (Lipinski definition) is 2. The quantitative estimate of drug-likeness (QED) is 0.482. The van der Waals surface area contributed by atoms with Crippen LogP contribution in [-0.4, -0.2) is 22.9 Å². The Balaban J connectivity index is -0.000000180. The molecular formula is C4H8CuF2O2. The van der Waals surface area contributed by atoms with Crippen LogP contribution in [0.4, 0.5) is 8.78 Å². The third kappa shape index (κ3) is 17.8. The normalized spacial score (nSPS) is 14.7. The van der Waals surface area contributed by atoms with Gasteiger partial charge in [0.05, 0.1) is 6.42 Å². The van der Waals surface area contributed by atoms with Gasteiger partial charge in [0.1, 0.15) is 0 Å². The predicted molar refractivity (Wildman–Crippen MR) is 24.9 cm³/mol. The summed E-state index contributed by atoms with van der Waals surface area (Å²) in [5.74, 6) is 0. The maximum Gasteiger partial charge on any atom is 1.00 e. The zero-order chi connectivity index (χ0) is 5.86. The average Bonchev–Trinajstić information content (AvgIpc) is 1.27. The van der Waals surface area contributed by atoms with Crippen LogP contribution in [0.2, 0.25) is 0 Å². The third-order valence-electron chi connectivity index (χ3n) is 0.318.